The minimum absolute atomic E-state index is 0.0564. The molecule has 0 atom stereocenters. The predicted octanol–water partition coefficient (Wildman–Crippen LogP) is 2.30. The van der Waals surface area contributed by atoms with Gasteiger partial charge < -0.3 is 9.94 Å². The molecule has 0 saturated heterocycles. The summed E-state index contributed by atoms with van der Waals surface area (Å²) < 4.78 is 18.0. The molecule has 0 unspecified atom stereocenters. The fourth-order valence-electron chi connectivity index (χ4n) is 0.897. The van der Waals surface area contributed by atoms with E-state index in [1.54, 1.807) is 0 Å². The van der Waals surface area contributed by atoms with Gasteiger partial charge in [0.25, 0.3) is 0 Å². The molecule has 70 valence electrons. The smallest absolute Gasteiger partial charge is 0.175 e. The molecule has 1 aromatic carbocycles. The van der Waals surface area contributed by atoms with Crippen molar-refractivity contribution in [1.82, 2.24) is 0 Å². The summed E-state index contributed by atoms with van der Waals surface area (Å²) >= 11 is 5.63. The number of rotatable bonds is 2. The van der Waals surface area contributed by atoms with Gasteiger partial charge in [-0.15, -0.1) is 0 Å². The van der Waals surface area contributed by atoms with Crippen LogP contribution in [-0.2, 0) is 0 Å². The van der Waals surface area contributed by atoms with Crippen molar-refractivity contribution in [2.45, 2.75) is 0 Å². The van der Waals surface area contributed by atoms with E-state index in [2.05, 4.69) is 5.16 Å². The van der Waals surface area contributed by atoms with Crippen LogP contribution < -0.4 is 4.74 Å². The lowest BCUT2D eigenvalue weighted by atomic mass is 10.2. The lowest BCUT2D eigenvalue weighted by Crippen LogP contribution is -1.94. The van der Waals surface area contributed by atoms with Crippen molar-refractivity contribution in [2.24, 2.45) is 5.16 Å². The summed E-state index contributed by atoms with van der Waals surface area (Å²) in [6, 6.07) is 2.85. The number of ether oxygens (including phenoxy) is 1. The number of hydrogen-bond donors (Lipinski definition) is 1. The van der Waals surface area contributed by atoms with Crippen LogP contribution in [0.5, 0.6) is 5.75 Å². The second kappa shape index (κ2) is 4.09. The normalized spacial score (nSPS) is 10.7. The van der Waals surface area contributed by atoms with E-state index in [0.717, 1.165) is 6.21 Å². The number of methoxy groups -OCH3 is 1. The van der Waals surface area contributed by atoms with Crippen LogP contribution in [0.2, 0.25) is 5.02 Å². The first-order valence-corrected chi connectivity index (χ1v) is 3.78. The molecule has 3 nitrogen and oxygen atoms in total. The van der Waals surface area contributed by atoms with Crippen LogP contribution >= 0.6 is 11.6 Å². The number of halogens is 2. The second-order valence-electron chi connectivity index (χ2n) is 2.23. The van der Waals surface area contributed by atoms with Crippen molar-refractivity contribution in [3.8, 4) is 5.75 Å². The molecule has 0 aromatic heterocycles. The fourth-order valence-corrected chi connectivity index (χ4v) is 1.12. The van der Waals surface area contributed by atoms with E-state index in [1.807, 2.05) is 0 Å². The maximum absolute atomic E-state index is 13.3. The van der Waals surface area contributed by atoms with E-state index in [9.17, 15) is 4.39 Å². The fraction of sp³-hybridized carbons (Fsp3) is 0.125. The van der Waals surface area contributed by atoms with Crippen molar-refractivity contribution >= 4 is 17.8 Å². The first-order valence-electron chi connectivity index (χ1n) is 3.40. The van der Waals surface area contributed by atoms with Gasteiger partial charge in [0.2, 0.25) is 0 Å². The standard InChI is InChI=1S/C8H7ClFNO2/c1-13-8-6(9)3-2-5(4-11-12)7(8)10/h2-4,12H,1H3/b11-4-. The molecule has 1 N–H and O–H groups in total. The summed E-state index contributed by atoms with van der Waals surface area (Å²) in [5.74, 6) is -0.702. The zero-order valence-corrected chi connectivity index (χ0v) is 7.55. The highest BCUT2D eigenvalue weighted by atomic mass is 35.5. The molecule has 0 saturated carbocycles. The zero-order valence-electron chi connectivity index (χ0n) is 6.79. The van der Waals surface area contributed by atoms with Crippen molar-refractivity contribution in [2.75, 3.05) is 7.11 Å². The maximum Gasteiger partial charge on any atom is 0.175 e. The molecule has 0 spiro atoms. The molecular formula is C8H7ClFNO2. The largest absolute Gasteiger partial charge is 0.492 e. The lowest BCUT2D eigenvalue weighted by molar-refractivity contribution is 0.321. The van der Waals surface area contributed by atoms with E-state index >= 15 is 0 Å². The van der Waals surface area contributed by atoms with Gasteiger partial charge in [-0.25, -0.2) is 4.39 Å². The third-order valence-corrected chi connectivity index (χ3v) is 1.78. The minimum Gasteiger partial charge on any atom is -0.492 e. The Kier molecular flexibility index (Phi) is 3.08. The summed E-state index contributed by atoms with van der Waals surface area (Å²) in [7, 11) is 1.31. The van der Waals surface area contributed by atoms with Gasteiger partial charge in [0.05, 0.1) is 18.3 Å². The highest BCUT2D eigenvalue weighted by Crippen LogP contribution is 2.28. The molecule has 0 bridgehead atoms. The first kappa shape index (κ1) is 9.80. The molecule has 0 fully saturated rings. The van der Waals surface area contributed by atoms with E-state index in [4.69, 9.17) is 21.5 Å². The van der Waals surface area contributed by atoms with Crippen LogP contribution in [-0.4, -0.2) is 18.5 Å². The Morgan fingerprint density at radius 2 is 2.31 bits per heavy atom. The third-order valence-electron chi connectivity index (χ3n) is 1.48. The van der Waals surface area contributed by atoms with E-state index < -0.39 is 5.82 Å². The van der Waals surface area contributed by atoms with Gasteiger partial charge in [-0.2, -0.15) is 0 Å². The molecule has 1 aromatic rings. The van der Waals surface area contributed by atoms with Gasteiger partial charge in [0.15, 0.2) is 11.6 Å². The van der Waals surface area contributed by atoms with E-state index in [0.29, 0.717) is 0 Å². The Balaban J connectivity index is 3.27. The summed E-state index contributed by atoms with van der Waals surface area (Å²) in [5.41, 5.74) is 0.115. The molecule has 1 rings (SSSR count). The molecule has 0 aliphatic rings. The molecule has 0 amide bonds. The summed E-state index contributed by atoms with van der Waals surface area (Å²) in [4.78, 5) is 0. The summed E-state index contributed by atoms with van der Waals surface area (Å²) in [6.07, 6.45) is 0.966. The first-order chi connectivity index (χ1) is 6.20. The highest BCUT2D eigenvalue weighted by Gasteiger charge is 2.11. The molecule has 0 heterocycles. The summed E-state index contributed by atoms with van der Waals surface area (Å²) in [5, 5.41) is 11.1. The number of nitrogens with zero attached hydrogens (tertiary/aromatic N) is 1. The molecule has 0 aliphatic heterocycles. The van der Waals surface area contributed by atoms with Gasteiger partial charge in [-0.3, -0.25) is 0 Å². The zero-order chi connectivity index (χ0) is 9.84. The Hall–Kier alpha value is -1.29. The Labute approximate surface area is 79.4 Å². The quantitative estimate of drug-likeness (QED) is 0.455. The van der Waals surface area contributed by atoms with Gasteiger partial charge >= 0.3 is 0 Å². The maximum atomic E-state index is 13.3. The van der Waals surface area contributed by atoms with Gasteiger partial charge in [0.1, 0.15) is 0 Å². The van der Waals surface area contributed by atoms with Crippen LogP contribution in [0.4, 0.5) is 4.39 Å². The molecule has 13 heavy (non-hydrogen) atoms. The Bertz CT molecular complexity index is 341. The average molecular weight is 204 g/mol. The van der Waals surface area contributed by atoms with Crippen molar-refractivity contribution < 1.29 is 14.3 Å². The second-order valence-corrected chi connectivity index (χ2v) is 2.64. The number of oxime groups is 1. The Morgan fingerprint density at radius 3 is 2.85 bits per heavy atom. The van der Waals surface area contributed by atoms with Crippen LogP contribution in [0.3, 0.4) is 0 Å². The van der Waals surface area contributed by atoms with Gasteiger partial charge in [-0.05, 0) is 12.1 Å². The van der Waals surface area contributed by atoms with Crippen LogP contribution in [0, 0.1) is 5.82 Å². The SMILES string of the molecule is COc1c(Cl)ccc(/C=N\O)c1F. The third kappa shape index (κ3) is 1.89. The van der Waals surface area contributed by atoms with Crippen molar-refractivity contribution in [3.63, 3.8) is 0 Å². The molecular weight excluding hydrogens is 197 g/mol. The van der Waals surface area contributed by atoms with E-state index in [-0.39, 0.29) is 16.3 Å². The van der Waals surface area contributed by atoms with Gasteiger partial charge in [-0.1, -0.05) is 16.8 Å². The number of benzene rings is 1. The van der Waals surface area contributed by atoms with E-state index in [1.165, 1.54) is 19.2 Å². The minimum atomic E-state index is -0.646. The predicted molar refractivity (Wildman–Crippen MR) is 47.3 cm³/mol. The number of hydrogen-bond acceptors (Lipinski definition) is 3. The highest BCUT2D eigenvalue weighted by molar-refractivity contribution is 6.32. The van der Waals surface area contributed by atoms with Gasteiger partial charge in [0, 0.05) is 5.56 Å². The van der Waals surface area contributed by atoms with Crippen molar-refractivity contribution in [1.29, 1.82) is 0 Å². The average Bonchev–Trinajstić information content (AvgIpc) is 2.11. The molecule has 0 radical (unpaired) electrons. The topological polar surface area (TPSA) is 41.8 Å². The Morgan fingerprint density at radius 1 is 1.62 bits per heavy atom. The van der Waals surface area contributed by atoms with Crippen LogP contribution in [0.25, 0.3) is 0 Å². The lowest BCUT2D eigenvalue weighted by Gasteiger charge is -2.05. The molecule has 5 heteroatoms. The van der Waals surface area contributed by atoms with Crippen molar-refractivity contribution in [3.05, 3.63) is 28.5 Å². The molecule has 0 aliphatic carbocycles. The van der Waals surface area contributed by atoms with Crippen LogP contribution in [0.15, 0.2) is 17.3 Å². The monoisotopic (exact) mass is 203 g/mol. The van der Waals surface area contributed by atoms with Crippen LogP contribution in [0.1, 0.15) is 5.56 Å². The summed E-state index contributed by atoms with van der Waals surface area (Å²) in [6.45, 7) is 0.